The van der Waals surface area contributed by atoms with E-state index in [1.165, 1.54) is 7.11 Å². The van der Waals surface area contributed by atoms with Crippen molar-refractivity contribution in [2.45, 2.75) is 65.3 Å². The van der Waals surface area contributed by atoms with Gasteiger partial charge in [0.25, 0.3) is 0 Å². The highest BCUT2D eigenvalue weighted by Gasteiger charge is 2.35. The third-order valence-electron chi connectivity index (χ3n) is 5.09. The SMILES string of the molecule is COCCOC(=O)C1=C(C)NC(=O)N[C@@H]1c1cc(C(C)(C)C)c(O)c(C(C)(C)C)c1. The Hall–Kier alpha value is -2.54. The van der Waals surface area contributed by atoms with Crippen LogP contribution in [0.1, 0.15) is 71.2 Å². The molecule has 0 saturated carbocycles. The summed E-state index contributed by atoms with van der Waals surface area (Å²) < 4.78 is 10.3. The van der Waals surface area contributed by atoms with Crippen molar-refractivity contribution >= 4 is 12.0 Å². The second-order valence-electron chi connectivity index (χ2n) is 9.66. The van der Waals surface area contributed by atoms with E-state index in [1.807, 2.05) is 53.7 Å². The average Bonchev–Trinajstić information content (AvgIpc) is 2.59. The minimum Gasteiger partial charge on any atom is -0.507 e. The maximum Gasteiger partial charge on any atom is 0.338 e. The first-order valence-corrected chi connectivity index (χ1v) is 10.1. The molecule has 0 spiro atoms. The number of rotatable bonds is 5. The monoisotopic (exact) mass is 418 g/mol. The third-order valence-corrected chi connectivity index (χ3v) is 5.09. The Morgan fingerprint density at radius 3 is 2.07 bits per heavy atom. The van der Waals surface area contributed by atoms with Gasteiger partial charge in [0.2, 0.25) is 0 Å². The first kappa shape index (κ1) is 23.7. The number of ether oxygens (including phenoxy) is 2. The number of phenolic OH excluding ortho intramolecular Hbond substituents is 1. The molecule has 3 N–H and O–H groups in total. The Morgan fingerprint density at radius 1 is 1.07 bits per heavy atom. The molecule has 0 aromatic heterocycles. The number of nitrogens with one attached hydrogen (secondary N) is 2. The molecule has 0 fully saturated rings. The second kappa shape index (κ2) is 8.68. The lowest BCUT2D eigenvalue weighted by Crippen LogP contribution is -2.45. The van der Waals surface area contributed by atoms with Crippen LogP contribution in [0.2, 0.25) is 0 Å². The summed E-state index contributed by atoms with van der Waals surface area (Å²) in [5.74, 6) is -0.284. The van der Waals surface area contributed by atoms with Gasteiger partial charge in [0, 0.05) is 12.8 Å². The van der Waals surface area contributed by atoms with Crippen LogP contribution in [-0.4, -0.2) is 37.4 Å². The first-order chi connectivity index (χ1) is 13.8. The van der Waals surface area contributed by atoms with Crippen molar-refractivity contribution in [3.8, 4) is 5.75 Å². The third kappa shape index (κ3) is 5.14. The lowest BCUT2D eigenvalue weighted by molar-refractivity contribution is -0.140. The van der Waals surface area contributed by atoms with Gasteiger partial charge in [-0.25, -0.2) is 9.59 Å². The molecule has 30 heavy (non-hydrogen) atoms. The molecule has 1 aliphatic rings. The van der Waals surface area contributed by atoms with Crippen molar-refractivity contribution in [1.82, 2.24) is 10.6 Å². The van der Waals surface area contributed by atoms with Gasteiger partial charge in [-0.15, -0.1) is 0 Å². The predicted molar refractivity (Wildman–Crippen MR) is 115 cm³/mol. The van der Waals surface area contributed by atoms with Crippen molar-refractivity contribution < 1.29 is 24.2 Å². The first-order valence-electron chi connectivity index (χ1n) is 10.1. The summed E-state index contributed by atoms with van der Waals surface area (Å²) in [7, 11) is 1.53. The molecule has 7 heteroatoms. The van der Waals surface area contributed by atoms with Crippen LogP contribution in [0.15, 0.2) is 23.4 Å². The molecule has 1 aliphatic heterocycles. The number of carbonyl (C=O) groups is 2. The van der Waals surface area contributed by atoms with Crippen molar-refractivity contribution in [2.24, 2.45) is 0 Å². The molecule has 1 heterocycles. The number of hydrogen-bond acceptors (Lipinski definition) is 5. The number of aromatic hydroxyl groups is 1. The van der Waals surface area contributed by atoms with Crippen molar-refractivity contribution in [1.29, 1.82) is 0 Å². The highest BCUT2D eigenvalue weighted by molar-refractivity contribution is 5.95. The van der Waals surface area contributed by atoms with E-state index in [0.29, 0.717) is 11.3 Å². The molecule has 2 amide bonds. The van der Waals surface area contributed by atoms with Crippen molar-refractivity contribution in [3.63, 3.8) is 0 Å². The van der Waals surface area contributed by atoms with Crippen LogP contribution in [0.4, 0.5) is 4.79 Å². The van der Waals surface area contributed by atoms with Crippen LogP contribution < -0.4 is 10.6 Å². The fraction of sp³-hybridized carbons (Fsp3) is 0.565. The molecule has 1 atom stereocenters. The second-order valence-corrected chi connectivity index (χ2v) is 9.66. The van der Waals surface area contributed by atoms with Crippen molar-refractivity contribution in [2.75, 3.05) is 20.3 Å². The number of phenols is 1. The number of allylic oxidation sites excluding steroid dienone is 1. The maximum absolute atomic E-state index is 12.8. The number of esters is 1. The molecule has 0 bridgehead atoms. The smallest absolute Gasteiger partial charge is 0.338 e. The highest BCUT2D eigenvalue weighted by Crippen LogP contribution is 2.42. The van der Waals surface area contributed by atoms with Crippen LogP contribution >= 0.6 is 0 Å². The molecular formula is C23H34N2O5. The normalized spacial score (nSPS) is 17.5. The zero-order valence-electron chi connectivity index (χ0n) is 19.2. The van der Waals surface area contributed by atoms with Crippen LogP contribution in [0.3, 0.4) is 0 Å². The Kier molecular flexibility index (Phi) is 6.87. The minimum atomic E-state index is -0.698. The van der Waals surface area contributed by atoms with E-state index in [2.05, 4.69) is 10.6 Å². The zero-order chi connectivity index (χ0) is 22.9. The number of methoxy groups -OCH3 is 1. The summed E-state index contributed by atoms with van der Waals surface area (Å²) in [5.41, 5.74) is 2.31. The number of carbonyl (C=O) groups excluding carboxylic acids is 2. The lowest BCUT2D eigenvalue weighted by atomic mass is 9.77. The van der Waals surface area contributed by atoms with E-state index >= 15 is 0 Å². The van der Waals surface area contributed by atoms with Gasteiger partial charge in [-0.2, -0.15) is 0 Å². The number of urea groups is 1. The van der Waals surface area contributed by atoms with Gasteiger partial charge >= 0.3 is 12.0 Å². The van der Waals surface area contributed by atoms with Crippen LogP contribution in [-0.2, 0) is 25.1 Å². The largest absolute Gasteiger partial charge is 0.507 e. The van der Waals surface area contributed by atoms with Gasteiger partial charge in [0.15, 0.2) is 0 Å². The van der Waals surface area contributed by atoms with E-state index in [0.717, 1.165) is 16.7 Å². The maximum atomic E-state index is 12.8. The minimum absolute atomic E-state index is 0.114. The summed E-state index contributed by atoms with van der Waals surface area (Å²) in [6, 6.07) is 2.62. The quantitative estimate of drug-likeness (QED) is 0.499. The summed E-state index contributed by atoms with van der Waals surface area (Å²) in [5, 5.41) is 16.5. The van der Waals surface area contributed by atoms with E-state index in [-0.39, 0.29) is 29.8 Å². The number of amides is 2. The molecule has 0 saturated heterocycles. The van der Waals surface area contributed by atoms with Crippen LogP contribution in [0.5, 0.6) is 5.75 Å². The summed E-state index contributed by atoms with van der Waals surface area (Å²) in [4.78, 5) is 25.1. The molecule has 166 valence electrons. The highest BCUT2D eigenvalue weighted by atomic mass is 16.6. The molecule has 1 aromatic carbocycles. The fourth-order valence-corrected chi connectivity index (χ4v) is 3.48. The molecule has 2 rings (SSSR count). The van der Waals surface area contributed by atoms with Gasteiger partial charge in [0.05, 0.1) is 18.2 Å². The Balaban J connectivity index is 2.65. The molecule has 0 unspecified atom stereocenters. The van der Waals surface area contributed by atoms with Crippen molar-refractivity contribution in [3.05, 3.63) is 40.1 Å². The summed E-state index contributed by atoms with van der Waals surface area (Å²) in [6.07, 6.45) is 0. The van der Waals surface area contributed by atoms with Gasteiger partial charge in [0.1, 0.15) is 12.4 Å². The standard InChI is InChI=1S/C23H34N2O5/c1-13-17(20(27)30-10-9-29-8)18(25-21(28)24-13)14-11-15(22(2,3)4)19(26)16(12-14)23(5,6)7/h11-12,18,26H,9-10H2,1-8H3,(H2,24,25,28)/t18-/m1/s1. The Bertz CT molecular complexity index is 824. The average molecular weight is 419 g/mol. The van der Waals surface area contributed by atoms with E-state index in [1.54, 1.807) is 6.92 Å². The molecular weight excluding hydrogens is 384 g/mol. The molecule has 0 aliphatic carbocycles. The van der Waals surface area contributed by atoms with Gasteiger partial charge in [-0.1, -0.05) is 41.5 Å². The van der Waals surface area contributed by atoms with Crippen LogP contribution in [0.25, 0.3) is 0 Å². The van der Waals surface area contributed by atoms with E-state index in [4.69, 9.17) is 9.47 Å². The van der Waals surface area contributed by atoms with Gasteiger partial charge in [-0.05, 0) is 46.6 Å². The Labute approximate surface area is 178 Å². The number of hydrogen-bond donors (Lipinski definition) is 3. The topological polar surface area (TPSA) is 96.9 Å². The molecule has 7 nitrogen and oxygen atoms in total. The summed E-state index contributed by atoms with van der Waals surface area (Å²) in [6.45, 7) is 14.2. The van der Waals surface area contributed by atoms with E-state index in [9.17, 15) is 14.7 Å². The molecule has 1 aromatic rings. The van der Waals surface area contributed by atoms with Crippen LogP contribution in [0, 0.1) is 0 Å². The Morgan fingerprint density at radius 2 is 1.60 bits per heavy atom. The summed E-state index contributed by atoms with van der Waals surface area (Å²) >= 11 is 0. The fourth-order valence-electron chi connectivity index (χ4n) is 3.48. The predicted octanol–water partition coefficient (Wildman–Crippen LogP) is 3.80. The number of benzene rings is 1. The lowest BCUT2D eigenvalue weighted by Gasteiger charge is -2.32. The van der Waals surface area contributed by atoms with Gasteiger partial charge < -0.3 is 25.2 Å². The zero-order valence-corrected chi connectivity index (χ0v) is 19.2. The van der Waals surface area contributed by atoms with Gasteiger partial charge in [-0.3, -0.25) is 0 Å². The molecule has 0 radical (unpaired) electrons. The van der Waals surface area contributed by atoms with E-state index < -0.39 is 18.0 Å².